The van der Waals surface area contributed by atoms with Crippen molar-refractivity contribution in [3.63, 3.8) is 0 Å². The molecular weight excluding hydrogens is 244 g/mol. The second-order valence-electron chi connectivity index (χ2n) is 6.21. The summed E-state index contributed by atoms with van der Waals surface area (Å²) < 4.78 is 26.9. The maximum absolute atomic E-state index is 13.7. The van der Waals surface area contributed by atoms with E-state index in [1.807, 2.05) is 6.92 Å². The van der Waals surface area contributed by atoms with Gasteiger partial charge >= 0.3 is 0 Å². The van der Waals surface area contributed by atoms with E-state index >= 15 is 0 Å². The highest BCUT2D eigenvalue weighted by Gasteiger charge is 2.39. The lowest BCUT2D eigenvalue weighted by Crippen LogP contribution is -2.29. The van der Waals surface area contributed by atoms with Gasteiger partial charge < -0.3 is 5.32 Å². The highest BCUT2D eigenvalue weighted by atomic mass is 19.2. The molecule has 2 bridgehead atoms. The number of hydrogen-bond acceptors (Lipinski definition) is 1. The van der Waals surface area contributed by atoms with E-state index in [9.17, 15) is 8.78 Å². The summed E-state index contributed by atoms with van der Waals surface area (Å²) in [6.45, 7) is 2.84. The van der Waals surface area contributed by atoms with E-state index in [-0.39, 0.29) is 6.04 Å². The van der Waals surface area contributed by atoms with Gasteiger partial charge in [-0.1, -0.05) is 18.6 Å². The highest BCUT2D eigenvalue weighted by Crippen LogP contribution is 2.48. The molecule has 104 valence electrons. The SMILES string of the molecule is CC(NCC1CC2CCC1C2)c1cccc(F)c1F. The monoisotopic (exact) mass is 265 g/mol. The molecule has 1 N–H and O–H groups in total. The normalized spacial score (nSPS) is 30.8. The third kappa shape index (κ3) is 2.53. The van der Waals surface area contributed by atoms with Crippen molar-refractivity contribution in [1.29, 1.82) is 0 Å². The van der Waals surface area contributed by atoms with Crippen LogP contribution in [-0.2, 0) is 0 Å². The number of fused-ring (bicyclic) bond motifs is 2. The van der Waals surface area contributed by atoms with Crippen LogP contribution in [0.25, 0.3) is 0 Å². The molecule has 3 rings (SSSR count). The van der Waals surface area contributed by atoms with Crippen LogP contribution in [0.3, 0.4) is 0 Å². The summed E-state index contributed by atoms with van der Waals surface area (Å²) in [5, 5.41) is 3.39. The van der Waals surface area contributed by atoms with Crippen molar-refractivity contribution in [3.05, 3.63) is 35.4 Å². The molecule has 0 radical (unpaired) electrons. The first kappa shape index (κ1) is 13.0. The van der Waals surface area contributed by atoms with Gasteiger partial charge in [0.1, 0.15) is 0 Å². The van der Waals surface area contributed by atoms with Gasteiger partial charge in [0.25, 0.3) is 0 Å². The lowest BCUT2D eigenvalue weighted by molar-refractivity contribution is 0.308. The third-order valence-electron chi connectivity index (χ3n) is 5.02. The average molecular weight is 265 g/mol. The fraction of sp³-hybridized carbons (Fsp3) is 0.625. The van der Waals surface area contributed by atoms with Gasteiger partial charge in [0.15, 0.2) is 11.6 Å². The molecule has 0 aromatic heterocycles. The maximum Gasteiger partial charge on any atom is 0.163 e. The minimum atomic E-state index is -0.758. The Morgan fingerprint density at radius 2 is 2.11 bits per heavy atom. The molecule has 0 aliphatic heterocycles. The van der Waals surface area contributed by atoms with Crippen LogP contribution in [-0.4, -0.2) is 6.54 Å². The Labute approximate surface area is 113 Å². The lowest BCUT2D eigenvalue weighted by atomic mass is 9.88. The van der Waals surface area contributed by atoms with Crippen molar-refractivity contribution in [2.75, 3.05) is 6.54 Å². The smallest absolute Gasteiger partial charge is 0.163 e. The molecule has 4 unspecified atom stereocenters. The first-order valence-corrected chi connectivity index (χ1v) is 7.32. The summed E-state index contributed by atoms with van der Waals surface area (Å²) in [6.07, 6.45) is 5.46. The van der Waals surface area contributed by atoms with Crippen LogP contribution in [0.1, 0.15) is 44.2 Å². The fourth-order valence-corrected chi connectivity index (χ4v) is 3.92. The molecule has 19 heavy (non-hydrogen) atoms. The molecule has 2 aliphatic carbocycles. The van der Waals surface area contributed by atoms with E-state index in [2.05, 4.69) is 5.32 Å². The predicted octanol–water partition coefficient (Wildman–Crippen LogP) is 4.05. The summed E-state index contributed by atoms with van der Waals surface area (Å²) >= 11 is 0. The molecule has 1 aromatic rings. The topological polar surface area (TPSA) is 12.0 Å². The summed E-state index contributed by atoms with van der Waals surface area (Å²) in [5.74, 6) is 1.06. The molecule has 2 aliphatic rings. The molecule has 0 amide bonds. The number of nitrogens with one attached hydrogen (secondary N) is 1. The van der Waals surface area contributed by atoms with Gasteiger partial charge in [-0.25, -0.2) is 8.78 Å². The second-order valence-corrected chi connectivity index (χ2v) is 6.21. The molecule has 0 spiro atoms. The van der Waals surface area contributed by atoms with Crippen LogP contribution in [0.15, 0.2) is 18.2 Å². The predicted molar refractivity (Wildman–Crippen MR) is 71.7 cm³/mol. The molecule has 1 aromatic carbocycles. The molecule has 3 heteroatoms. The Morgan fingerprint density at radius 1 is 1.26 bits per heavy atom. The maximum atomic E-state index is 13.7. The van der Waals surface area contributed by atoms with Crippen LogP contribution >= 0.6 is 0 Å². The van der Waals surface area contributed by atoms with Gasteiger partial charge in [-0.05, 0) is 56.6 Å². The number of halogens is 2. The average Bonchev–Trinajstić information content (AvgIpc) is 3.01. The zero-order valence-electron chi connectivity index (χ0n) is 11.3. The standard InChI is InChI=1S/C16H21F2N/c1-10(14-3-2-4-15(17)16(14)18)19-9-13-8-11-5-6-12(13)7-11/h2-4,10-13,19H,5-9H2,1H3. The number of benzene rings is 1. The van der Waals surface area contributed by atoms with E-state index < -0.39 is 11.6 Å². The zero-order chi connectivity index (χ0) is 13.4. The minimum Gasteiger partial charge on any atom is -0.310 e. The van der Waals surface area contributed by atoms with E-state index in [0.29, 0.717) is 5.56 Å². The van der Waals surface area contributed by atoms with E-state index in [4.69, 9.17) is 0 Å². The lowest BCUT2D eigenvalue weighted by Gasteiger charge is -2.24. The van der Waals surface area contributed by atoms with Crippen molar-refractivity contribution in [1.82, 2.24) is 5.32 Å². The van der Waals surface area contributed by atoms with Gasteiger partial charge in [0.05, 0.1) is 0 Å². The Balaban J connectivity index is 1.59. The van der Waals surface area contributed by atoms with Crippen molar-refractivity contribution in [2.24, 2.45) is 17.8 Å². The Bertz CT molecular complexity index is 460. The van der Waals surface area contributed by atoms with Crippen molar-refractivity contribution in [3.8, 4) is 0 Å². The summed E-state index contributed by atoms with van der Waals surface area (Å²) in [5.41, 5.74) is 0.433. The van der Waals surface area contributed by atoms with Gasteiger partial charge in [0, 0.05) is 11.6 Å². The van der Waals surface area contributed by atoms with Crippen LogP contribution in [0.2, 0.25) is 0 Å². The molecule has 1 nitrogen and oxygen atoms in total. The fourth-order valence-electron chi connectivity index (χ4n) is 3.92. The van der Waals surface area contributed by atoms with E-state index in [0.717, 1.165) is 24.3 Å². The Kier molecular flexibility index (Phi) is 3.57. The largest absolute Gasteiger partial charge is 0.310 e. The highest BCUT2D eigenvalue weighted by molar-refractivity contribution is 5.22. The molecular formula is C16H21F2N. The van der Waals surface area contributed by atoms with Crippen LogP contribution in [0, 0.1) is 29.4 Å². The van der Waals surface area contributed by atoms with Crippen LogP contribution in [0.4, 0.5) is 8.78 Å². The first-order valence-electron chi connectivity index (χ1n) is 7.32. The zero-order valence-corrected chi connectivity index (χ0v) is 11.3. The third-order valence-corrected chi connectivity index (χ3v) is 5.02. The van der Waals surface area contributed by atoms with Gasteiger partial charge in [-0.3, -0.25) is 0 Å². The van der Waals surface area contributed by atoms with Crippen molar-refractivity contribution >= 4 is 0 Å². The number of hydrogen-bond donors (Lipinski definition) is 1. The van der Waals surface area contributed by atoms with Gasteiger partial charge in [0.2, 0.25) is 0 Å². The Morgan fingerprint density at radius 3 is 2.79 bits per heavy atom. The van der Waals surface area contributed by atoms with E-state index in [1.54, 1.807) is 12.1 Å². The molecule has 0 heterocycles. The molecule has 2 saturated carbocycles. The van der Waals surface area contributed by atoms with Crippen LogP contribution in [0.5, 0.6) is 0 Å². The second kappa shape index (κ2) is 5.20. The molecule has 4 atom stereocenters. The Hall–Kier alpha value is -0.960. The summed E-state index contributed by atoms with van der Waals surface area (Å²) in [6, 6.07) is 4.27. The summed E-state index contributed by atoms with van der Waals surface area (Å²) in [4.78, 5) is 0. The van der Waals surface area contributed by atoms with Gasteiger partial charge in [-0.2, -0.15) is 0 Å². The van der Waals surface area contributed by atoms with Crippen molar-refractivity contribution in [2.45, 2.75) is 38.6 Å². The molecule has 0 saturated heterocycles. The van der Waals surface area contributed by atoms with E-state index in [1.165, 1.54) is 31.7 Å². The number of rotatable bonds is 4. The summed E-state index contributed by atoms with van der Waals surface area (Å²) in [7, 11) is 0. The minimum absolute atomic E-state index is 0.130. The van der Waals surface area contributed by atoms with Gasteiger partial charge in [-0.15, -0.1) is 0 Å². The quantitative estimate of drug-likeness (QED) is 0.866. The van der Waals surface area contributed by atoms with Crippen molar-refractivity contribution < 1.29 is 8.78 Å². The molecule has 2 fully saturated rings. The van der Waals surface area contributed by atoms with Crippen LogP contribution < -0.4 is 5.32 Å². The first-order chi connectivity index (χ1) is 9.15.